The molecular weight excluding hydrogens is 404 g/mol. The molecule has 0 amide bonds. The van der Waals surface area contributed by atoms with E-state index < -0.39 is 5.76 Å². The highest BCUT2D eigenvalue weighted by molar-refractivity contribution is 5.57. The van der Waals surface area contributed by atoms with Gasteiger partial charge in [-0.2, -0.15) is 19.6 Å². The van der Waals surface area contributed by atoms with Crippen molar-refractivity contribution in [3.8, 4) is 28.7 Å². The standard InChI is InChI=1S/C19H16N8O4/c1-10-15(12(3)30-24-10)17-20-14(25-31-17)9-26-19(28)29-18(23-26)16-11(2)21-27(22-16)13-7-5-4-6-8-13/h4-8H,9H2,1-3H3. The quantitative estimate of drug-likeness (QED) is 0.414. The topological polar surface area (TPSA) is 144 Å². The number of nitrogens with zero attached hydrogens (tertiary/aromatic N) is 8. The Morgan fingerprint density at radius 3 is 2.45 bits per heavy atom. The van der Waals surface area contributed by atoms with Gasteiger partial charge in [0.1, 0.15) is 17.9 Å². The van der Waals surface area contributed by atoms with Crippen molar-refractivity contribution in [2.45, 2.75) is 27.3 Å². The van der Waals surface area contributed by atoms with E-state index in [4.69, 9.17) is 13.5 Å². The van der Waals surface area contributed by atoms with Crippen molar-refractivity contribution in [1.82, 2.24) is 40.1 Å². The molecule has 0 unspecified atom stereocenters. The van der Waals surface area contributed by atoms with Crippen molar-refractivity contribution >= 4 is 0 Å². The SMILES string of the molecule is Cc1nn(-c2ccccc2)nc1-c1nn(Cc2noc(-c3c(C)noc3C)n2)c(=O)o1. The van der Waals surface area contributed by atoms with Gasteiger partial charge in [-0.15, -0.1) is 10.2 Å². The monoisotopic (exact) mass is 420 g/mol. The average Bonchev–Trinajstić information content (AvgIpc) is 3.52. The lowest BCUT2D eigenvalue weighted by Gasteiger charge is -1.96. The summed E-state index contributed by atoms with van der Waals surface area (Å²) in [5, 5.41) is 20.8. The lowest BCUT2D eigenvalue weighted by Crippen LogP contribution is -2.17. The van der Waals surface area contributed by atoms with E-state index in [0.29, 0.717) is 28.4 Å². The van der Waals surface area contributed by atoms with E-state index >= 15 is 0 Å². The van der Waals surface area contributed by atoms with Crippen LogP contribution in [0.3, 0.4) is 0 Å². The lowest BCUT2D eigenvalue weighted by atomic mass is 10.2. The Hall–Kier alpha value is -4.35. The fourth-order valence-corrected chi connectivity index (χ4v) is 3.10. The molecule has 0 saturated carbocycles. The molecule has 0 aliphatic rings. The number of para-hydroxylation sites is 1. The predicted molar refractivity (Wildman–Crippen MR) is 104 cm³/mol. The van der Waals surface area contributed by atoms with E-state index in [2.05, 4.69) is 30.6 Å². The second kappa shape index (κ2) is 7.16. The molecule has 31 heavy (non-hydrogen) atoms. The van der Waals surface area contributed by atoms with Gasteiger partial charge in [-0.3, -0.25) is 0 Å². The van der Waals surface area contributed by atoms with Crippen LogP contribution in [-0.4, -0.2) is 40.1 Å². The smallest absolute Gasteiger partial charge is 0.386 e. The van der Waals surface area contributed by atoms with Crippen LogP contribution in [0.2, 0.25) is 0 Å². The first kappa shape index (κ1) is 18.7. The second-order valence-corrected chi connectivity index (χ2v) is 6.80. The molecule has 0 bridgehead atoms. The molecule has 156 valence electrons. The molecule has 1 aromatic carbocycles. The number of hydrogen-bond acceptors (Lipinski definition) is 10. The van der Waals surface area contributed by atoms with Crippen LogP contribution in [0.5, 0.6) is 0 Å². The fourth-order valence-electron chi connectivity index (χ4n) is 3.10. The van der Waals surface area contributed by atoms with E-state index in [-0.39, 0.29) is 24.2 Å². The molecule has 0 aliphatic carbocycles. The van der Waals surface area contributed by atoms with Crippen LogP contribution in [0.1, 0.15) is 23.0 Å². The van der Waals surface area contributed by atoms with E-state index in [0.717, 1.165) is 10.4 Å². The molecule has 0 aliphatic heterocycles. The number of aromatic nitrogens is 8. The predicted octanol–water partition coefficient (Wildman–Crippen LogP) is 2.10. The van der Waals surface area contributed by atoms with Crippen molar-refractivity contribution in [2.24, 2.45) is 0 Å². The van der Waals surface area contributed by atoms with Gasteiger partial charge >= 0.3 is 5.76 Å². The van der Waals surface area contributed by atoms with Gasteiger partial charge in [0, 0.05) is 0 Å². The zero-order chi connectivity index (χ0) is 21.5. The Bertz CT molecular complexity index is 1400. The van der Waals surface area contributed by atoms with E-state index in [1.807, 2.05) is 30.3 Å². The minimum Gasteiger partial charge on any atom is -0.386 e. The maximum absolute atomic E-state index is 12.3. The van der Waals surface area contributed by atoms with Crippen molar-refractivity contribution in [3.05, 3.63) is 63.9 Å². The first-order chi connectivity index (χ1) is 15.0. The third-order valence-electron chi connectivity index (χ3n) is 4.58. The van der Waals surface area contributed by atoms with Gasteiger partial charge in [0.25, 0.3) is 11.8 Å². The van der Waals surface area contributed by atoms with E-state index in [1.165, 1.54) is 4.80 Å². The van der Waals surface area contributed by atoms with Crippen LogP contribution < -0.4 is 5.76 Å². The summed E-state index contributed by atoms with van der Waals surface area (Å²) in [4.78, 5) is 18.1. The Labute approximate surface area is 174 Å². The molecule has 0 atom stereocenters. The molecule has 0 N–H and O–H groups in total. The van der Waals surface area contributed by atoms with Gasteiger partial charge in [0.15, 0.2) is 11.5 Å². The van der Waals surface area contributed by atoms with Gasteiger partial charge in [-0.1, -0.05) is 28.5 Å². The molecule has 5 rings (SSSR count). The summed E-state index contributed by atoms with van der Waals surface area (Å²) in [5.41, 5.74) is 2.96. The normalized spacial score (nSPS) is 11.3. The molecule has 4 aromatic heterocycles. The van der Waals surface area contributed by atoms with E-state index in [1.54, 1.807) is 20.8 Å². The van der Waals surface area contributed by atoms with Crippen molar-refractivity contribution < 1.29 is 13.5 Å². The van der Waals surface area contributed by atoms with Gasteiger partial charge in [0.2, 0.25) is 0 Å². The van der Waals surface area contributed by atoms with Gasteiger partial charge in [-0.25, -0.2) is 4.79 Å². The average molecular weight is 420 g/mol. The molecule has 0 spiro atoms. The molecule has 0 saturated heterocycles. The molecule has 4 heterocycles. The Kier molecular flexibility index (Phi) is 4.31. The Balaban J connectivity index is 1.43. The summed E-state index contributed by atoms with van der Waals surface area (Å²) < 4.78 is 16.8. The maximum Gasteiger partial charge on any atom is 0.437 e. The summed E-state index contributed by atoms with van der Waals surface area (Å²) in [7, 11) is 0. The summed E-state index contributed by atoms with van der Waals surface area (Å²) in [6.07, 6.45) is 0. The van der Waals surface area contributed by atoms with Crippen LogP contribution in [-0.2, 0) is 6.54 Å². The van der Waals surface area contributed by atoms with E-state index in [9.17, 15) is 4.79 Å². The molecule has 0 fully saturated rings. The van der Waals surface area contributed by atoms with Crippen LogP contribution in [0.25, 0.3) is 28.7 Å². The summed E-state index contributed by atoms with van der Waals surface area (Å²) in [6.45, 7) is 5.24. The Morgan fingerprint density at radius 1 is 0.903 bits per heavy atom. The van der Waals surface area contributed by atoms with Gasteiger partial charge in [-0.05, 0) is 32.9 Å². The first-order valence-corrected chi connectivity index (χ1v) is 9.33. The largest absolute Gasteiger partial charge is 0.437 e. The Morgan fingerprint density at radius 2 is 1.71 bits per heavy atom. The number of aryl methyl sites for hydroxylation is 3. The van der Waals surface area contributed by atoms with Crippen molar-refractivity contribution in [3.63, 3.8) is 0 Å². The molecule has 0 radical (unpaired) electrons. The number of rotatable bonds is 5. The minimum absolute atomic E-state index is 0.0406. The lowest BCUT2D eigenvalue weighted by molar-refractivity contribution is 0.391. The van der Waals surface area contributed by atoms with Crippen LogP contribution >= 0.6 is 0 Å². The second-order valence-electron chi connectivity index (χ2n) is 6.80. The van der Waals surface area contributed by atoms with Gasteiger partial charge in [0.05, 0.1) is 17.1 Å². The maximum atomic E-state index is 12.3. The third-order valence-corrected chi connectivity index (χ3v) is 4.58. The zero-order valence-electron chi connectivity index (χ0n) is 16.8. The number of benzene rings is 1. The summed E-state index contributed by atoms with van der Waals surface area (Å²) in [5.74, 6) is 0.448. The molecule has 12 nitrogen and oxygen atoms in total. The van der Waals surface area contributed by atoms with Crippen molar-refractivity contribution in [1.29, 1.82) is 0 Å². The molecular formula is C19H16N8O4. The summed E-state index contributed by atoms with van der Waals surface area (Å²) >= 11 is 0. The first-order valence-electron chi connectivity index (χ1n) is 9.33. The van der Waals surface area contributed by atoms with Crippen LogP contribution in [0.15, 0.2) is 48.6 Å². The summed E-state index contributed by atoms with van der Waals surface area (Å²) in [6, 6.07) is 9.39. The van der Waals surface area contributed by atoms with Crippen LogP contribution in [0, 0.1) is 20.8 Å². The highest BCUT2D eigenvalue weighted by atomic mass is 16.5. The van der Waals surface area contributed by atoms with Crippen LogP contribution in [0.4, 0.5) is 0 Å². The third kappa shape index (κ3) is 3.33. The molecule has 12 heteroatoms. The zero-order valence-corrected chi connectivity index (χ0v) is 16.8. The number of hydrogen-bond donors (Lipinski definition) is 0. The minimum atomic E-state index is -0.674. The van der Waals surface area contributed by atoms with Gasteiger partial charge < -0.3 is 13.5 Å². The fraction of sp³-hybridized carbons (Fsp3) is 0.211. The highest BCUT2D eigenvalue weighted by Crippen LogP contribution is 2.25. The molecule has 5 aromatic rings. The van der Waals surface area contributed by atoms with Crippen molar-refractivity contribution in [2.75, 3.05) is 0 Å². The highest BCUT2D eigenvalue weighted by Gasteiger charge is 2.21.